The van der Waals surface area contributed by atoms with Crippen molar-refractivity contribution in [1.82, 2.24) is 35.8 Å². The molecule has 0 unspecified atom stereocenters. The number of nitrogens with one attached hydrogen (secondary N) is 3. The number of fused-ring (bicyclic) bond motifs is 2. The van der Waals surface area contributed by atoms with Gasteiger partial charge in [-0.05, 0) is 59.6 Å². The molecule has 13 heteroatoms. The molecule has 0 saturated heterocycles. The second-order valence-corrected chi connectivity index (χ2v) is 11.3. The number of aromatic nitrogens is 5. The number of H-pyrrole nitrogens is 1. The molecule has 1 aliphatic carbocycles. The molecule has 13 nitrogen and oxygen atoms in total. The largest absolute Gasteiger partial charge is 0.394 e. The highest BCUT2D eigenvalue weighted by molar-refractivity contribution is 5.97. The molecule has 5 N–H and O–H groups in total. The van der Waals surface area contributed by atoms with Gasteiger partial charge in [-0.25, -0.2) is 15.0 Å². The van der Waals surface area contributed by atoms with Crippen molar-refractivity contribution in [2.24, 2.45) is 0 Å². The van der Waals surface area contributed by atoms with Crippen molar-refractivity contribution in [3.8, 4) is 11.4 Å². The van der Waals surface area contributed by atoms with Gasteiger partial charge < -0.3 is 21.3 Å². The maximum atomic E-state index is 13.1. The van der Waals surface area contributed by atoms with E-state index >= 15 is 0 Å². The van der Waals surface area contributed by atoms with E-state index in [1.807, 2.05) is 35.2 Å². The molecule has 5 aromatic rings. The van der Waals surface area contributed by atoms with Crippen LogP contribution in [0.3, 0.4) is 0 Å². The van der Waals surface area contributed by atoms with Gasteiger partial charge in [0.2, 0.25) is 0 Å². The summed E-state index contributed by atoms with van der Waals surface area (Å²) < 4.78 is 0. The van der Waals surface area contributed by atoms with E-state index in [9.17, 15) is 19.2 Å². The first-order valence-corrected chi connectivity index (χ1v) is 14.7. The van der Waals surface area contributed by atoms with Gasteiger partial charge in [0.1, 0.15) is 35.4 Å². The number of benzene rings is 2. The normalized spacial score (nSPS) is 15.7. The third kappa shape index (κ3) is 5.32. The van der Waals surface area contributed by atoms with Crippen LogP contribution in [-0.2, 0) is 25.9 Å². The number of carbonyl (C=O) groups excluding carboxylic acids is 2. The van der Waals surface area contributed by atoms with Crippen molar-refractivity contribution in [3.05, 3.63) is 115 Å². The van der Waals surface area contributed by atoms with Gasteiger partial charge in [-0.2, -0.15) is 5.10 Å². The number of anilines is 2. The van der Waals surface area contributed by atoms with Crippen LogP contribution >= 0.6 is 0 Å². The van der Waals surface area contributed by atoms with Crippen LogP contribution in [0.5, 0.6) is 0 Å². The average molecular weight is 604 g/mol. The monoisotopic (exact) mass is 603 g/mol. The molecule has 0 radical (unpaired) electrons. The lowest BCUT2D eigenvalue weighted by Crippen LogP contribution is -2.42. The molecular weight excluding hydrogens is 574 g/mol. The van der Waals surface area contributed by atoms with Crippen LogP contribution in [0.25, 0.3) is 11.4 Å². The summed E-state index contributed by atoms with van der Waals surface area (Å²) in [4.78, 5) is 64.2. The van der Waals surface area contributed by atoms with Crippen molar-refractivity contribution in [1.29, 1.82) is 0 Å². The van der Waals surface area contributed by atoms with Crippen molar-refractivity contribution in [2.45, 2.75) is 44.8 Å². The van der Waals surface area contributed by atoms with Crippen molar-refractivity contribution >= 4 is 23.2 Å². The minimum Gasteiger partial charge on any atom is -0.394 e. The van der Waals surface area contributed by atoms with Gasteiger partial charge >= 0.3 is 0 Å². The molecule has 45 heavy (non-hydrogen) atoms. The van der Waals surface area contributed by atoms with Gasteiger partial charge in [-0.3, -0.25) is 24.3 Å². The minimum atomic E-state index is -0.626. The van der Waals surface area contributed by atoms with E-state index in [0.29, 0.717) is 24.6 Å². The second-order valence-electron chi connectivity index (χ2n) is 11.3. The fraction of sp³-hybridized carbons (Fsp3) is 0.250. The summed E-state index contributed by atoms with van der Waals surface area (Å²) in [5, 5.41) is 12.7. The fourth-order valence-corrected chi connectivity index (χ4v) is 6.20. The second kappa shape index (κ2) is 11.4. The molecule has 0 spiro atoms. The summed E-state index contributed by atoms with van der Waals surface area (Å²) in [5.41, 5.74) is 11.3. The summed E-state index contributed by atoms with van der Waals surface area (Å²) in [7, 11) is 0. The zero-order valence-corrected chi connectivity index (χ0v) is 24.2. The highest BCUT2D eigenvalue weighted by Gasteiger charge is 2.27. The Morgan fingerprint density at radius 1 is 0.911 bits per heavy atom. The van der Waals surface area contributed by atoms with E-state index in [0.717, 1.165) is 59.1 Å². The van der Waals surface area contributed by atoms with Crippen molar-refractivity contribution in [2.75, 3.05) is 17.2 Å². The maximum absolute atomic E-state index is 13.1. The summed E-state index contributed by atoms with van der Waals surface area (Å²) >= 11 is 0. The SMILES string of the molecule is Nc1c(N2CCCc3ccc(CNC(=O)c4cc(C(=O)N[C@H]5CCc6cc(-c7ncn[nH]7)ccc65)ncn4)cc3C2)c(=O)c1=O. The number of nitrogen functional groups attached to an aromatic ring is 1. The Labute approximate surface area is 256 Å². The minimum absolute atomic E-state index is 0.0236. The molecule has 2 aromatic heterocycles. The highest BCUT2D eigenvalue weighted by Crippen LogP contribution is 2.33. The maximum Gasteiger partial charge on any atom is 0.270 e. The molecule has 7 rings (SSSR count). The van der Waals surface area contributed by atoms with Crippen LogP contribution in [0, 0.1) is 0 Å². The molecule has 1 aliphatic heterocycles. The Morgan fingerprint density at radius 2 is 1.76 bits per heavy atom. The number of nitrogens with zero attached hydrogens (tertiary/aromatic N) is 5. The quantitative estimate of drug-likeness (QED) is 0.199. The number of rotatable bonds is 7. The highest BCUT2D eigenvalue weighted by atomic mass is 16.2. The molecule has 2 aliphatic rings. The zero-order chi connectivity index (χ0) is 31.1. The number of carbonyl (C=O) groups is 2. The lowest BCUT2D eigenvalue weighted by molar-refractivity contribution is 0.0931. The van der Waals surface area contributed by atoms with Crippen LogP contribution in [0.4, 0.5) is 11.4 Å². The predicted octanol–water partition coefficient (Wildman–Crippen LogP) is 1.74. The number of nitrogens with two attached hydrogens (primary N) is 1. The third-order valence-electron chi connectivity index (χ3n) is 8.54. The Kier molecular flexibility index (Phi) is 7.12. The molecule has 226 valence electrons. The lowest BCUT2D eigenvalue weighted by Gasteiger charge is -2.25. The summed E-state index contributed by atoms with van der Waals surface area (Å²) in [6, 6.07) is 13.2. The first-order chi connectivity index (χ1) is 21.9. The lowest BCUT2D eigenvalue weighted by atomic mass is 10.0. The molecule has 1 atom stereocenters. The van der Waals surface area contributed by atoms with Crippen LogP contribution in [0.15, 0.2) is 64.7 Å². The average Bonchev–Trinajstić information content (AvgIpc) is 3.70. The van der Waals surface area contributed by atoms with E-state index in [2.05, 4.69) is 41.8 Å². The van der Waals surface area contributed by atoms with E-state index < -0.39 is 16.8 Å². The molecule has 3 aromatic carbocycles. The topological polar surface area (TPSA) is 189 Å². The van der Waals surface area contributed by atoms with Crippen molar-refractivity contribution < 1.29 is 9.59 Å². The van der Waals surface area contributed by atoms with Gasteiger partial charge in [0.25, 0.3) is 22.7 Å². The van der Waals surface area contributed by atoms with Crippen LogP contribution < -0.4 is 32.1 Å². The molecular formula is C32H29N9O4. The Balaban J connectivity index is 0.992. The smallest absolute Gasteiger partial charge is 0.270 e. The zero-order valence-electron chi connectivity index (χ0n) is 24.2. The molecule has 3 heterocycles. The van der Waals surface area contributed by atoms with Gasteiger partial charge in [-0.1, -0.05) is 30.3 Å². The van der Waals surface area contributed by atoms with Gasteiger partial charge in [0.15, 0.2) is 5.82 Å². The first-order valence-electron chi connectivity index (χ1n) is 14.7. The number of hydrogen-bond acceptors (Lipinski definition) is 10. The number of hydrogen-bond donors (Lipinski definition) is 4. The Bertz CT molecular complexity index is 2010. The third-order valence-corrected chi connectivity index (χ3v) is 8.54. The summed E-state index contributed by atoms with van der Waals surface area (Å²) in [6.45, 7) is 1.30. The number of amides is 2. The first kappa shape index (κ1) is 28.1. The van der Waals surface area contributed by atoms with E-state index in [1.165, 1.54) is 18.7 Å². The van der Waals surface area contributed by atoms with Crippen molar-refractivity contribution in [3.63, 3.8) is 0 Å². The van der Waals surface area contributed by atoms with E-state index in [1.54, 1.807) is 0 Å². The Hall–Kier alpha value is -5.72. The van der Waals surface area contributed by atoms with Gasteiger partial charge in [0, 0.05) is 31.3 Å². The van der Waals surface area contributed by atoms with E-state index in [4.69, 9.17) is 5.73 Å². The fourth-order valence-electron chi connectivity index (χ4n) is 6.20. The van der Waals surface area contributed by atoms with Crippen LogP contribution in [-0.4, -0.2) is 43.5 Å². The molecule has 0 fully saturated rings. The van der Waals surface area contributed by atoms with Crippen LogP contribution in [0.2, 0.25) is 0 Å². The summed E-state index contributed by atoms with van der Waals surface area (Å²) in [5.74, 6) is -0.137. The van der Waals surface area contributed by atoms with E-state index in [-0.39, 0.29) is 35.6 Å². The molecule has 0 bridgehead atoms. The Morgan fingerprint density at radius 3 is 2.56 bits per heavy atom. The van der Waals surface area contributed by atoms with Gasteiger partial charge in [-0.15, -0.1) is 0 Å². The van der Waals surface area contributed by atoms with Crippen LogP contribution in [0.1, 0.15) is 67.7 Å². The predicted molar refractivity (Wildman–Crippen MR) is 165 cm³/mol. The number of aryl methyl sites for hydroxylation is 2. The number of aromatic amines is 1. The molecule has 0 saturated carbocycles. The van der Waals surface area contributed by atoms with Gasteiger partial charge in [0.05, 0.1) is 6.04 Å². The molecule has 2 amide bonds. The summed E-state index contributed by atoms with van der Waals surface area (Å²) in [6.07, 6.45) is 5.88. The standard InChI is InChI=1S/C32H29N9O4/c33-26-27(29(43)28(26)42)41-9-1-2-18-4-3-17(10-21(18)14-41)13-34-31(44)24-12-25(36-15-35-24)32(45)39-23-8-6-19-11-20(5-7-22(19)23)30-37-16-38-40-30/h3-5,7,10-12,15-16,23H,1-2,6,8-9,13-14,33H2,(H,34,44)(H,39,45)(H,37,38,40)/t23-/m0/s1.